The zero-order chi connectivity index (χ0) is 14.2. The molecule has 2 N–H and O–H groups in total. The van der Waals surface area contributed by atoms with Crippen LogP contribution in [0.1, 0.15) is 39.0 Å². The molecule has 20 heavy (non-hydrogen) atoms. The smallest absolute Gasteiger partial charge is 0.196 e. The van der Waals surface area contributed by atoms with Crippen molar-refractivity contribution in [3.8, 4) is 0 Å². The highest BCUT2D eigenvalue weighted by Gasteiger charge is 2.43. The van der Waals surface area contributed by atoms with E-state index in [-0.39, 0.29) is 11.4 Å². The van der Waals surface area contributed by atoms with Gasteiger partial charge in [-0.05, 0) is 43.4 Å². The third kappa shape index (κ3) is 2.28. The molecule has 1 heterocycles. The van der Waals surface area contributed by atoms with Crippen molar-refractivity contribution in [3.05, 3.63) is 30.1 Å². The summed E-state index contributed by atoms with van der Waals surface area (Å²) in [7, 11) is 0. The molecule has 0 radical (unpaired) electrons. The number of anilines is 1. The first-order valence-electron chi connectivity index (χ1n) is 7.46. The molecule has 1 spiro atoms. The first-order chi connectivity index (χ1) is 9.61. The van der Waals surface area contributed by atoms with Crippen LogP contribution in [-0.2, 0) is 0 Å². The molecule has 1 aromatic carbocycles. The second-order valence-electron chi connectivity index (χ2n) is 6.25. The van der Waals surface area contributed by atoms with Crippen molar-refractivity contribution in [3.63, 3.8) is 0 Å². The first kappa shape index (κ1) is 13.4. The number of hydrogen-bond acceptors (Lipinski definition) is 3. The molecule has 1 saturated carbocycles. The van der Waals surface area contributed by atoms with E-state index >= 15 is 0 Å². The normalized spacial score (nSPS) is 30.4. The molecule has 108 valence electrons. The van der Waals surface area contributed by atoms with Gasteiger partial charge < -0.3 is 10.6 Å². The Kier molecular flexibility index (Phi) is 3.40. The van der Waals surface area contributed by atoms with Gasteiger partial charge in [0.05, 0.1) is 12.1 Å². The molecule has 0 aromatic heterocycles. The fourth-order valence-electron chi connectivity index (χ4n) is 3.58. The molecule has 2 unspecified atom stereocenters. The molecule has 1 aromatic rings. The molecule has 2 atom stereocenters. The molecule has 3 nitrogen and oxygen atoms in total. The maximum atomic E-state index is 13.5. The highest BCUT2D eigenvalue weighted by molar-refractivity contribution is 5.98. The number of aliphatic imine (C=N–C) groups is 1. The minimum atomic E-state index is -0.223. The number of halogens is 1. The Morgan fingerprint density at radius 2 is 2.20 bits per heavy atom. The van der Waals surface area contributed by atoms with Gasteiger partial charge in [-0.15, -0.1) is 0 Å². The minimum Gasteiger partial charge on any atom is -0.369 e. The van der Waals surface area contributed by atoms with Crippen LogP contribution >= 0.6 is 0 Å². The first-order valence-corrected chi connectivity index (χ1v) is 7.46. The Hall–Kier alpha value is -1.58. The average molecular weight is 275 g/mol. The number of guanidine groups is 1. The lowest BCUT2D eigenvalue weighted by molar-refractivity contribution is 0.392. The van der Waals surface area contributed by atoms with Crippen LogP contribution in [0.2, 0.25) is 0 Å². The second-order valence-corrected chi connectivity index (χ2v) is 6.25. The van der Waals surface area contributed by atoms with Crippen LogP contribution in [0, 0.1) is 11.7 Å². The maximum Gasteiger partial charge on any atom is 0.196 e. The lowest BCUT2D eigenvalue weighted by Crippen LogP contribution is -2.51. The second kappa shape index (κ2) is 5.08. The lowest BCUT2D eigenvalue weighted by atomic mass is 9.88. The van der Waals surface area contributed by atoms with E-state index in [1.54, 1.807) is 12.1 Å². The molecule has 0 amide bonds. The third-order valence-corrected chi connectivity index (χ3v) is 4.75. The van der Waals surface area contributed by atoms with Gasteiger partial charge >= 0.3 is 0 Å². The Balaban J connectivity index is 1.95. The lowest BCUT2D eigenvalue weighted by Gasteiger charge is -2.39. The molecule has 1 fully saturated rings. The molecule has 1 aliphatic heterocycles. The van der Waals surface area contributed by atoms with Gasteiger partial charge in [0.1, 0.15) is 5.82 Å². The van der Waals surface area contributed by atoms with Crippen molar-refractivity contribution < 1.29 is 4.39 Å². The van der Waals surface area contributed by atoms with Gasteiger partial charge in [0, 0.05) is 5.69 Å². The topological polar surface area (TPSA) is 41.6 Å². The Labute approximate surface area is 119 Å². The minimum absolute atomic E-state index is 0.0391. The standard InChI is InChI=1S/C16H22FN3/c1-12-4-3-8-16(9-7-12)11-19-15(18)20(16)14-6-2-5-13(17)10-14/h2,5-6,10,12H,3-4,7-9,11H2,1H3,(H2,18,19). The van der Waals surface area contributed by atoms with E-state index in [1.807, 2.05) is 6.07 Å². The predicted molar refractivity (Wildman–Crippen MR) is 80.3 cm³/mol. The number of nitrogens with zero attached hydrogens (tertiary/aromatic N) is 2. The monoisotopic (exact) mass is 275 g/mol. The van der Waals surface area contributed by atoms with Crippen LogP contribution in [0.5, 0.6) is 0 Å². The Morgan fingerprint density at radius 3 is 3.00 bits per heavy atom. The fraction of sp³-hybridized carbons (Fsp3) is 0.562. The fourth-order valence-corrected chi connectivity index (χ4v) is 3.58. The zero-order valence-corrected chi connectivity index (χ0v) is 12.0. The summed E-state index contributed by atoms with van der Waals surface area (Å²) in [4.78, 5) is 6.54. The van der Waals surface area contributed by atoms with Crippen LogP contribution in [-0.4, -0.2) is 18.0 Å². The van der Waals surface area contributed by atoms with Crippen LogP contribution in [0.3, 0.4) is 0 Å². The van der Waals surface area contributed by atoms with Gasteiger partial charge in [-0.2, -0.15) is 0 Å². The van der Waals surface area contributed by atoms with E-state index in [2.05, 4.69) is 16.8 Å². The van der Waals surface area contributed by atoms with E-state index < -0.39 is 0 Å². The van der Waals surface area contributed by atoms with E-state index in [1.165, 1.54) is 25.3 Å². The summed E-state index contributed by atoms with van der Waals surface area (Å²) in [6, 6.07) is 6.69. The molecule has 2 aliphatic rings. The van der Waals surface area contributed by atoms with Gasteiger partial charge in [-0.3, -0.25) is 4.99 Å². The predicted octanol–water partition coefficient (Wildman–Crippen LogP) is 3.30. The molecule has 4 heteroatoms. The van der Waals surface area contributed by atoms with Crippen LogP contribution in [0.4, 0.5) is 10.1 Å². The maximum absolute atomic E-state index is 13.5. The molecular formula is C16H22FN3. The zero-order valence-electron chi connectivity index (χ0n) is 12.0. The van der Waals surface area contributed by atoms with Gasteiger partial charge in [0.25, 0.3) is 0 Å². The van der Waals surface area contributed by atoms with Crippen LogP contribution < -0.4 is 10.6 Å². The number of hydrogen-bond donors (Lipinski definition) is 1. The van der Waals surface area contributed by atoms with Crippen LogP contribution in [0.15, 0.2) is 29.3 Å². The highest BCUT2D eigenvalue weighted by atomic mass is 19.1. The molecular weight excluding hydrogens is 253 g/mol. The van der Waals surface area contributed by atoms with Gasteiger partial charge in [0.15, 0.2) is 5.96 Å². The van der Waals surface area contributed by atoms with Crippen molar-refractivity contribution in [2.75, 3.05) is 11.4 Å². The molecule has 3 rings (SSSR count). The summed E-state index contributed by atoms with van der Waals surface area (Å²) in [5.74, 6) is 1.06. The summed E-state index contributed by atoms with van der Waals surface area (Å²) in [5.41, 5.74) is 6.90. The molecule has 0 saturated heterocycles. The summed E-state index contributed by atoms with van der Waals surface area (Å²) < 4.78 is 13.5. The largest absolute Gasteiger partial charge is 0.369 e. The Bertz CT molecular complexity index is 528. The summed E-state index contributed by atoms with van der Waals surface area (Å²) >= 11 is 0. The van der Waals surface area contributed by atoms with Crippen molar-refractivity contribution in [1.82, 2.24) is 0 Å². The summed E-state index contributed by atoms with van der Waals surface area (Å²) in [6.07, 6.45) is 5.80. The third-order valence-electron chi connectivity index (χ3n) is 4.75. The molecule has 0 bridgehead atoms. The van der Waals surface area contributed by atoms with E-state index in [0.29, 0.717) is 5.96 Å². The van der Waals surface area contributed by atoms with E-state index in [0.717, 1.165) is 31.0 Å². The number of nitrogens with two attached hydrogens (primary N) is 1. The summed E-state index contributed by atoms with van der Waals surface area (Å²) in [5, 5.41) is 0. The Morgan fingerprint density at radius 1 is 1.35 bits per heavy atom. The highest BCUT2D eigenvalue weighted by Crippen LogP contribution is 2.40. The van der Waals surface area contributed by atoms with Crippen molar-refractivity contribution in [1.29, 1.82) is 0 Å². The summed E-state index contributed by atoms with van der Waals surface area (Å²) in [6.45, 7) is 3.05. The van der Waals surface area contributed by atoms with Crippen LogP contribution in [0.25, 0.3) is 0 Å². The SMILES string of the molecule is CC1CCCC2(CC1)CN=C(N)N2c1cccc(F)c1. The van der Waals surface area contributed by atoms with Gasteiger partial charge in [0.2, 0.25) is 0 Å². The van der Waals surface area contributed by atoms with Crippen molar-refractivity contribution in [2.24, 2.45) is 16.6 Å². The van der Waals surface area contributed by atoms with E-state index in [9.17, 15) is 4.39 Å². The van der Waals surface area contributed by atoms with Gasteiger partial charge in [-0.25, -0.2) is 4.39 Å². The van der Waals surface area contributed by atoms with Gasteiger partial charge in [-0.1, -0.05) is 25.8 Å². The number of benzene rings is 1. The number of rotatable bonds is 1. The van der Waals surface area contributed by atoms with Crippen molar-refractivity contribution in [2.45, 2.75) is 44.6 Å². The van der Waals surface area contributed by atoms with Crippen molar-refractivity contribution >= 4 is 11.6 Å². The molecule has 1 aliphatic carbocycles. The van der Waals surface area contributed by atoms with E-state index in [4.69, 9.17) is 5.73 Å². The quantitative estimate of drug-likeness (QED) is 0.854. The average Bonchev–Trinajstić information content (AvgIpc) is 2.61.